The number of benzene rings is 1. The first kappa shape index (κ1) is 20.3. The Hall–Kier alpha value is -2.98. The van der Waals surface area contributed by atoms with Crippen molar-refractivity contribution in [3.8, 4) is 5.75 Å². The number of carbonyl (C=O) groups excluding carboxylic acids is 2. The maximum absolute atomic E-state index is 12.4. The number of pyridine rings is 1. The number of esters is 1. The van der Waals surface area contributed by atoms with E-state index < -0.39 is 28.5 Å². The summed E-state index contributed by atoms with van der Waals surface area (Å²) in [6.07, 6.45) is 2.83. The number of methoxy groups -OCH3 is 1. The lowest BCUT2D eigenvalue weighted by atomic mass is 10.3. The van der Waals surface area contributed by atoms with Gasteiger partial charge in [0.2, 0.25) is 10.0 Å². The first-order valence-electron chi connectivity index (χ1n) is 7.73. The Morgan fingerprint density at radius 3 is 2.56 bits per heavy atom. The quantitative estimate of drug-likeness (QED) is 0.701. The normalized spacial score (nSPS) is 11.1. The molecular formula is C17H19N3O6S. The smallest absolute Gasteiger partial charge is 0.340 e. The average Bonchev–Trinajstić information content (AvgIpc) is 2.66. The Morgan fingerprint density at radius 1 is 1.22 bits per heavy atom. The van der Waals surface area contributed by atoms with Crippen molar-refractivity contribution in [2.75, 3.05) is 33.1 Å². The SMILES string of the molecule is COc1ccc(NC(=O)COC(=O)c2cccnc2)cc1S(=O)(=O)N(C)C. The molecule has 0 fully saturated rings. The molecule has 1 heterocycles. The molecule has 1 amide bonds. The van der Waals surface area contributed by atoms with Crippen molar-refractivity contribution in [2.24, 2.45) is 0 Å². The maximum atomic E-state index is 12.4. The van der Waals surface area contributed by atoms with Gasteiger partial charge in [0, 0.05) is 32.2 Å². The first-order chi connectivity index (χ1) is 12.8. The van der Waals surface area contributed by atoms with E-state index in [4.69, 9.17) is 9.47 Å². The van der Waals surface area contributed by atoms with Gasteiger partial charge in [0.15, 0.2) is 6.61 Å². The molecule has 27 heavy (non-hydrogen) atoms. The van der Waals surface area contributed by atoms with Crippen molar-refractivity contribution >= 4 is 27.6 Å². The van der Waals surface area contributed by atoms with Crippen LogP contribution in [0.3, 0.4) is 0 Å². The zero-order valence-corrected chi connectivity index (χ0v) is 15.8. The van der Waals surface area contributed by atoms with Crippen molar-refractivity contribution in [1.82, 2.24) is 9.29 Å². The van der Waals surface area contributed by atoms with Crippen LogP contribution in [0.1, 0.15) is 10.4 Å². The monoisotopic (exact) mass is 393 g/mol. The van der Waals surface area contributed by atoms with E-state index in [2.05, 4.69) is 10.3 Å². The van der Waals surface area contributed by atoms with Crippen LogP contribution in [-0.2, 0) is 19.6 Å². The summed E-state index contributed by atoms with van der Waals surface area (Å²) in [6.45, 7) is -0.532. The molecule has 0 spiro atoms. The molecular weight excluding hydrogens is 374 g/mol. The van der Waals surface area contributed by atoms with Crippen LogP contribution in [0, 0.1) is 0 Å². The van der Waals surface area contributed by atoms with E-state index in [0.717, 1.165) is 4.31 Å². The summed E-state index contributed by atoms with van der Waals surface area (Å²) in [7, 11) is 0.346. The van der Waals surface area contributed by atoms with E-state index in [0.29, 0.717) is 0 Å². The highest BCUT2D eigenvalue weighted by Crippen LogP contribution is 2.28. The second kappa shape index (κ2) is 8.60. The summed E-state index contributed by atoms with van der Waals surface area (Å²) in [5, 5.41) is 2.48. The van der Waals surface area contributed by atoms with E-state index in [1.807, 2.05) is 0 Å². The number of rotatable bonds is 7. The molecule has 0 bridgehead atoms. The number of hydrogen-bond donors (Lipinski definition) is 1. The third-order valence-corrected chi connectivity index (χ3v) is 5.27. The molecule has 1 aromatic heterocycles. The molecule has 2 aromatic rings. The van der Waals surface area contributed by atoms with Crippen LogP contribution in [0.2, 0.25) is 0 Å². The number of sulfonamides is 1. The Labute approximate surface area is 157 Å². The molecule has 9 nitrogen and oxygen atoms in total. The summed E-state index contributed by atoms with van der Waals surface area (Å²) in [6, 6.07) is 7.26. The zero-order valence-electron chi connectivity index (χ0n) is 15.0. The number of ether oxygens (including phenoxy) is 2. The molecule has 144 valence electrons. The van der Waals surface area contributed by atoms with Crippen LogP contribution < -0.4 is 10.1 Å². The van der Waals surface area contributed by atoms with Gasteiger partial charge in [-0.3, -0.25) is 9.78 Å². The van der Waals surface area contributed by atoms with Gasteiger partial charge in [-0.15, -0.1) is 0 Å². The molecule has 0 aliphatic rings. The molecule has 0 saturated heterocycles. The molecule has 0 unspecified atom stereocenters. The van der Waals surface area contributed by atoms with Crippen molar-refractivity contribution in [3.63, 3.8) is 0 Å². The Balaban J connectivity index is 2.09. The van der Waals surface area contributed by atoms with E-state index in [-0.39, 0.29) is 21.9 Å². The van der Waals surface area contributed by atoms with Crippen LogP contribution >= 0.6 is 0 Å². The van der Waals surface area contributed by atoms with Gasteiger partial charge >= 0.3 is 5.97 Å². The maximum Gasteiger partial charge on any atom is 0.340 e. The fourth-order valence-electron chi connectivity index (χ4n) is 2.05. The van der Waals surface area contributed by atoms with E-state index >= 15 is 0 Å². The van der Waals surface area contributed by atoms with Gasteiger partial charge < -0.3 is 14.8 Å². The molecule has 0 radical (unpaired) electrons. The second-order valence-corrected chi connectivity index (χ2v) is 7.64. The lowest BCUT2D eigenvalue weighted by molar-refractivity contribution is -0.119. The molecule has 1 N–H and O–H groups in total. The summed E-state index contributed by atoms with van der Waals surface area (Å²) in [4.78, 5) is 27.5. The van der Waals surface area contributed by atoms with Gasteiger partial charge in [-0.25, -0.2) is 17.5 Å². The summed E-state index contributed by atoms with van der Waals surface area (Å²) < 4.78 is 35.8. The predicted octanol–water partition coefficient (Wildman–Crippen LogP) is 1.14. The highest BCUT2D eigenvalue weighted by Gasteiger charge is 2.23. The predicted molar refractivity (Wildman–Crippen MR) is 97.0 cm³/mol. The van der Waals surface area contributed by atoms with E-state index in [1.54, 1.807) is 6.07 Å². The number of nitrogens with zero attached hydrogens (tertiary/aromatic N) is 2. The highest BCUT2D eigenvalue weighted by atomic mass is 32.2. The largest absolute Gasteiger partial charge is 0.495 e. The summed E-state index contributed by atoms with van der Waals surface area (Å²) >= 11 is 0. The molecule has 0 atom stereocenters. The van der Waals surface area contributed by atoms with Crippen LogP contribution in [-0.4, -0.2) is 57.4 Å². The number of anilines is 1. The van der Waals surface area contributed by atoms with Crippen LogP contribution in [0.15, 0.2) is 47.6 Å². The molecule has 0 aliphatic carbocycles. The molecule has 0 saturated carbocycles. The number of aromatic nitrogens is 1. The van der Waals surface area contributed by atoms with Crippen molar-refractivity contribution in [3.05, 3.63) is 48.3 Å². The number of nitrogens with one attached hydrogen (secondary N) is 1. The molecule has 10 heteroatoms. The van der Waals surface area contributed by atoms with Gasteiger partial charge in [0.05, 0.1) is 12.7 Å². The van der Waals surface area contributed by atoms with Gasteiger partial charge in [-0.2, -0.15) is 0 Å². The fraction of sp³-hybridized carbons (Fsp3) is 0.235. The average molecular weight is 393 g/mol. The Bertz CT molecular complexity index is 929. The van der Waals surface area contributed by atoms with Gasteiger partial charge in [-0.1, -0.05) is 0 Å². The zero-order chi connectivity index (χ0) is 20.0. The third-order valence-electron chi connectivity index (χ3n) is 3.44. The van der Waals surface area contributed by atoms with Crippen molar-refractivity contribution in [1.29, 1.82) is 0 Å². The Morgan fingerprint density at radius 2 is 1.96 bits per heavy atom. The minimum atomic E-state index is -3.77. The van der Waals surface area contributed by atoms with Gasteiger partial charge in [0.1, 0.15) is 10.6 Å². The lowest BCUT2D eigenvalue weighted by Crippen LogP contribution is -2.24. The molecule has 0 aliphatic heterocycles. The summed E-state index contributed by atoms with van der Waals surface area (Å²) in [5.41, 5.74) is 0.438. The number of carbonyl (C=O) groups is 2. The topological polar surface area (TPSA) is 115 Å². The van der Waals surface area contributed by atoms with Gasteiger partial charge in [0.25, 0.3) is 5.91 Å². The van der Waals surface area contributed by atoms with Crippen LogP contribution in [0.5, 0.6) is 5.75 Å². The number of amides is 1. The third kappa shape index (κ3) is 5.02. The summed E-state index contributed by atoms with van der Waals surface area (Å²) in [5.74, 6) is -1.17. The first-order valence-corrected chi connectivity index (χ1v) is 9.17. The highest BCUT2D eigenvalue weighted by molar-refractivity contribution is 7.89. The lowest BCUT2D eigenvalue weighted by Gasteiger charge is -2.16. The van der Waals surface area contributed by atoms with Crippen molar-refractivity contribution < 1.29 is 27.5 Å². The van der Waals surface area contributed by atoms with Crippen LogP contribution in [0.4, 0.5) is 5.69 Å². The second-order valence-electron chi connectivity index (χ2n) is 5.52. The van der Waals surface area contributed by atoms with Gasteiger partial charge in [-0.05, 0) is 30.3 Å². The minimum absolute atomic E-state index is 0.0971. The fourth-order valence-corrected chi connectivity index (χ4v) is 3.12. The molecule has 2 rings (SSSR count). The van der Waals surface area contributed by atoms with Crippen molar-refractivity contribution in [2.45, 2.75) is 4.90 Å². The molecule has 1 aromatic carbocycles. The van der Waals surface area contributed by atoms with Crippen LogP contribution in [0.25, 0.3) is 0 Å². The minimum Gasteiger partial charge on any atom is -0.495 e. The Kier molecular flexibility index (Phi) is 6.48. The van der Waals surface area contributed by atoms with E-state index in [1.165, 1.54) is 57.9 Å². The van der Waals surface area contributed by atoms with E-state index in [9.17, 15) is 18.0 Å². The standard InChI is InChI=1S/C17H19N3O6S/c1-20(2)27(23,24)15-9-13(6-7-14(15)25-3)19-16(21)11-26-17(22)12-5-4-8-18-10-12/h4-10H,11H2,1-3H3,(H,19,21). The number of hydrogen-bond acceptors (Lipinski definition) is 7.